The summed E-state index contributed by atoms with van der Waals surface area (Å²) in [4.78, 5) is -0.164. The van der Waals surface area contributed by atoms with Crippen molar-refractivity contribution in [1.82, 2.24) is 0 Å². The summed E-state index contributed by atoms with van der Waals surface area (Å²) in [6.07, 6.45) is 6.18. The Morgan fingerprint density at radius 2 is 1.86 bits per heavy atom. The van der Waals surface area contributed by atoms with Gasteiger partial charge in [0.05, 0.1) is 10.9 Å². The summed E-state index contributed by atoms with van der Waals surface area (Å²) in [7, 11) is -3.62. The molecule has 2 fully saturated rings. The Kier molecular flexibility index (Phi) is 4.06. The molecule has 5 heteroatoms. The first kappa shape index (κ1) is 15.0. The second-order valence-corrected chi connectivity index (χ2v) is 8.38. The molecule has 1 saturated carbocycles. The number of halogens is 1. The van der Waals surface area contributed by atoms with Crippen LogP contribution in [0.25, 0.3) is 0 Å². The van der Waals surface area contributed by atoms with Crippen molar-refractivity contribution in [2.45, 2.75) is 60.7 Å². The third-order valence-corrected chi connectivity index (χ3v) is 7.02. The van der Waals surface area contributed by atoms with Gasteiger partial charge in [-0.2, -0.15) is 0 Å². The smallest absolute Gasteiger partial charge is 0.184 e. The second-order valence-electron chi connectivity index (χ2n) is 6.18. The van der Waals surface area contributed by atoms with Crippen molar-refractivity contribution in [2.24, 2.45) is 0 Å². The maximum Gasteiger partial charge on any atom is 0.184 e. The van der Waals surface area contributed by atoms with E-state index in [-0.39, 0.29) is 10.5 Å². The van der Waals surface area contributed by atoms with Crippen LogP contribution in [-0.2, 0) is 14.6 Å². The Balaban J connectivity index is 1.87. The Morgan fingerprint density at radius 1 is 1.14 bits per heavy atom. The zero-order valence-corrected chi connectivity index (χ0v) is 12.9. The standard InChI is InChI=1S/C16H21FO3S/c17-14-6-2-3-7-15(14)21(18,19)13-8-11-20-16(12-13)9-4-1-5-10-16/h2-3,6-7,13H,1,4-5,8-12H2. The molecule has 21 heavy (non-hydrogen) atoms. The molecule has 1 saturated heterocycles. The highest BCUT2D eigenvalue weighted by molar-refractivity contribution is 7.92. The molecule has 1 aliphatic heterocycles. The Morgan fingerprint density at radius 3 is 2.57 bits per heavy atom. The number of ether oxygens (including phenoxy) is 1. The molecule has 0 aromatic heterocycles. The van der Waals surface area contributed by atoms with Crippen LogP contribution in [0.3, 0.4) is 0 Å². The highest BCUT2D eigenvalue weighted by Gasteiger charge is 2.43. The van der Waals surface area contributed by atoms with Crippen LogP contribution in [-0.4, -0.2) is 25.9 Å². The lowest BCUT2D eigenvalue weighted by Gasteiger charge is -2.43. The zero-order valence-electron chi connectivity index (χ0n) is 12.1. The molecule has 1 heterocycles. The molecule has 116 valence electrons. The van der Waals surface area contributed by atoms with Crippen molar-refractivity contribution in [2.75, 3.05) is 6.61 Å². The summed E-state index contributed by atoms with van der Waals surface area (Å²) in [6.45, 7) is 0.457. The predicted molar refractivity (Wildman–Crippen MR) is 78.4 cm³/mol. The van der Waals surface area contributed by atoms with Gasteiger partial charge < -0.3 is 4.74 Å². The minimum Gasteiger partial charge on any atom is -0.375 e. The van der Waals surface area contributed by atoms with E-state index in [4.69, 9.17) is 4.74 Å². The molecule has 1 spiro atoms. The molecule has 1 unspecified atom stereocenters. The summed E-state index contributed by atoms with van der Waals surface area (Å²) < 4.78 is 45.3. The molecule has 1 aliphatic carbocycles. The maximum absolute atomic E-state index is 13.9. The van der Waals surface area contributed by atoms with Crippen LogP contribution in [0.4, 0.5) is 4.39 Å². The van der Waals surface area contributed by atoms with Crippen LogP contribution in [0, 0.1) is 5.82 Å². The SMILES string of the molecule is O=S(=O)(c1ccccc1F)C1CCOC2(CCCCC2)C1. The lowest BCUT2D eigenvalue weighted by Crippen LogP contribution is -2.45. The number of benzene rings is 1. The lowest BCUT2D eigenvalue weighted by atomic mass is 9.80. The van der Waals surface area contributed by atoms with Crippen LogP contribution in [0.15, 0.2) is 29.2 Å². The third kappa shape index (κ3) is 2.86. The van der Waals surface area contributed by atoms with E-state index in [1.807, 2.05) is 0 Å². The van der Waals surface area contributed by atoms with Crippen LogP contribution < -0.4 is 0 Å². The molecule has 0 amide bonds. The molecular formula is C16H21FO3S. The van der Waals surface area contributed by atoms with Gasteiger partial charge in [-0.25, -0.2) is 12.8 Å². The summed E-state index contributed by atoms with van der Waals surface area (Å²) in [5, 5.41) is -0.527. The van der Waals surface area contributed by atoms with E-state index in [1.54, 1.807) is 6.07 Å². The van der Waals surface area contributed by atoms with Crippen molar-refractivity contribution < 1.29 is 17.5 Å². The minimum absolute atomic E-state index is 0.164. The van der Waals surface area contributed by atoms with E-state index < -0.39 is 20.9 Å². The van der Waals surface area contributed by atoms with Gasteiger partial charge in [0.1, 0.15) is 10.7 Å². The first-order valence-corrected chi connectivity index (χ1v) is 9.21. The van der Waals surface area contributed by atoms with Crippen LogP contribution in [0.2, 0.25) is 0 Å². The van der Waals surface area contributed by atoms with Gasteiger partial charge in [-0.1, -0.05) is 31.4 Å². The first-order chi connectivity index (χ1) is 10.0. The molecule has 3 rings (SSSR count). The van der Waals surface area contributed by atoms with Crippen molar-refractivity contribution in [3.05, 3.63) is 30.1 Å². The van der Waals surface area contributed by atoms with Gasteiger partial charge in [0.25, 0.3) is 0 Å². The van der Waals surface area contributed by atoms with Gasteiger partial charge in [-0.3, -0.25) is 0 Å². The predicted octanol–water partition coefficient (Wildman–Crippen LogP) is 3.48. The molecule has 1 aromatic rings. The molecular weight excluding hydrogens is 291 g/mol. The Labute approximate surface area is 125 Å². The van der Waals surface area contributed by atoms with E-state index in [0.29, 0.717) is 19.4 Å². The fourth-order valence-corrected chi connectivity index (χ4v) is 5.54. The van der Waals surface area contributed by atoms with Crippen molar-refractivity contribution in [3.8, 4) is 0 Å². The van der Waals surface area contributed by atoms with Crippen molar-refractivity contribution >= 4 is 9.84 Å². The van der Waals surface area contributed by atoms with Gasteiger partial charge in [0, 0.05) is 6.61 Å². The summed E-state index contributed by atoms with van der Waals surface area (Å²) in [5.41, 5.74) is -0.292. The van der Waals surface area contributed by atoms with Gasteiger partial charge in [-0.15, -0.1) is 0 Å². The highest BCUT2D eigenvalue weighted by atomic mass is 32.2. The Bertz CT molecular complexity index is 600. The minimum atomic E-state index is -3.62. The molecule has 0 bridgehead atoms. The van der Waals surface area contributed by atoms with Crippen LogP contribution in [0.5, 0.6) is 0 Å². The zero-order chi connectivity index (χ0) is 14.9. The van der Waals surface area contributed by atoms with Crippen molar-refractivity contribution in [1.29, 1.82) is 0 Å². The number of rotatable bonds is 2. The summed E-state index contributed by atoms with van der Waals surface area (Å²) in [6, 6.07) is 5.67. The largest absolute Gasteiger partial charge is 0.375 e. The normalized spacial score (nSPS) is 25.9. The summed E-state index contributed by atoms with van der Waals surface area (Å²) >= 11 is 0. The van der Waals surface area contributed by atoms with Gasteiger partial charge >= 0.3 is 0 Å². The fraction of sp³-hybridized carbons (Fsp3) is 0.625. The third-order valence-electron chi connectivity index (χ3n) is 4.79. The highest BCUT2D eigenvalue weighted by Crippen LogP contribution is 2.41. The fourth-order valence-electron chi connectivity index (χ4n) is 3.65. The van der Waals surface area contributed by atoms with Crippen molar-refractivity contribution in [3.63, 3.8) is 0 Å². The lowest BCUT2D eigenvalue weighted by molar-refractivity contribution is -0.0979. The average Bonchev–Trinajstić information content (AvgIpc) is 2.48. The molecule has 2 aliphatic rings. The van der Waals surface area contributed by atoms with E-state index in [0.717, 1.165) is 25.7 Å². The van der Waals surface area contributed by atoms with Gasteiger partial charge in [0.15, 0.2) is 9.84 Å². The molecule has 1 aromatic carbocycles. The topological polar surface area (TPSA) is 43.4 Å². The van der Waals surface area contributed by atoms with Gasteiger partial charge in [-0.05, 0) is 37.8 Å². The molecule has 0 N–H and O–H groups in total. The second kappa shape index (κ2) is 5.69. The number of hydrogen-bond donors (Lipinski definition) is 0. The molecule has 1 atom stereocenters. The number of sulfone groups is 1. The van der Waals surface area contributed by atoms with Crippen LogP contribution >= 0.6 is 0 Å². The number of hydrogen-bond acceptors (Lipinski definition) is 3. The first-order valence-electron chi connectivity index (χ1n) is 7.66. The molecule has 3 nitrogen and oxygen atoms in total. The van der Waals surface area contributed by atoms with E-state index in [9.17, 15) is 12.8 Å². The maximum atomic E-state index is 13.9. The quantitative estimate of drug-likeness (QED) is 0.839. The average molecular weight is 312 g/mol. The van der Waals surface area contributed by atoms with Crippen LogP contribution in [0.1, 0.15) is 44.9 Å². The van der Waals surface area contributed by atoms with E-state index in [2.05, 4.69) is 0 Å². The van der Waals surface area contributed by atoms with E-state index in [1.165, 1.54) is 24.6 Å². The Hall–Kier alpha value is -0.940. The monoisotopic (exact) mass is 312 g/mol. The van der Waals surface area contributed by atoms with Gasteiger partial charge in [0.2, 0.25) is 0 Å². The summed E-state index contributed by atoms with van der Waals surface area (Å²) in [5.74, 6) is -0.651. The van der Waals surface area contributed by atoms with E-state index >= 15 is 0 Å². The molecule has 0 radical (unpaired) electrons.